The summed E-state index contributed by atoms with van der Waals surface area (Å²) in [4.78, 5) is 40.1. The Labute approximate surface area is 459 Å². The van der Waals surface area contributed by atoms with E-state index >= 15 is 8.78 Å². The number of ether oxygens (including phenoxy) is 2. The summed E-state index contributed by atoms with van der Waals surface area (Å²) >= 11 is 2.15. The molecule has 0 aliphatic carbocycles. The molecule has 0 unspecified atom stereocenters. The number of furan rings is 2. The van der Waals surface area contributed by atoms with Gasteiger partial charge in [0.2, 0.25) is 0 Å². The number of carbonyl (C=O) groups excluding carboxylic acids is 2. The van der Waals surface area contributed by atoms with Gasteiger partial charge < -0.3 is 38.3 Å². The Kier molecular flexibility index (Phi) is 18.8. The Bertz CT molecular complexity index is 3430. The first-order valence-corrected chi connectivity index (χ1v) is 26.4. The Morgan fingerprint density at radius 2 is 1.04 bits per heavy atom. The number of fused-ring (bicyclic) bond motifs is 2. The summed E-state index contributed by atoms with van der Waals surface area (Å²) in [6.45, 7) is 2.48. The number of rotatable bonds is 10. The molecule has 10 rings (SSSR count). The first kappa shape index (κ1) is 56.3. The highest BCUT2D eigenvalue weighted by Crippen LogP contribution is 2.39. The van der Waals surface area contributed by atoms with Crippen LogP contribution in [0, 0.1) is 34.3 Å². The number of halogens is 4. The van der Waals surface area contributed by atoms with Crippen molar-refractivity contribution >= 4 is 80.4 Å². The summed E-state index contributed by atoms with van der Waals surface area (Å²) in [5.41, 5.74) is 8.31. The summed E-state index contributed by atoms with van der Waals surface area (Å²) < 4.78 is 53.9. The summed E-state index contributed by atoms with van der Waals surface area (Å²) in [5.74, 6) is 0.0409. The molecule has 76 heavy (non-hydrogen) atoms. The van der Waals surface area contributed by atoms with Gasteiger partial charge in [-0.3, -0.25) is 19.6 Å². The fourth-order valence-electron chi connectivity index (χ4n) is 9.18. The van der Waals surface area contributed by atoms with E-state index in [9.17, 15) is 20.1 Å². The quantitative estimate of drug-likeness (QED) is 0.102. The van der Waals surface area contributed by atoms with Gasteiger partial charge in [0.15, 0.2) is 11.2 Å². The Morgan fingerprint density at radius 1 is 0.605 bits per heavy atom. The molecule has 392 valence electrons. The number of anilines is 2. The smallest absolute Gasteiger partial charge is 0.253 e. The van der Waals surface area contributed by atoms with Crippen LogP contribution in [0.2, 0.25) is 0 Å². The number of nitrogens with zero attached hydrogens (tertiary/aromatic N) is 7. The van der Waals surface area contributed by atoms with Gasteiger partial charge in [0.1, 0.15) is 46.3 Å². The summed E-state index contributed by atoms with van der Waals surface area (Å²) in [7, 11) is 8.65. The fraction of sp³-hybridized carbons (Fsp3) is 0.276. The third kappa shape index (κ3) is 12.3. The second-order valence-corrected chi connectivity index (χ2v) is 18.4. The van der Waals surface area contributed by atoms with E-state index in [2.05, 4.69) is 50.0 Å². The minimum absolute atomic E-state index is 0. The van der Waals surface area contributed by atoms with Crippen LogP contribution in [0.1, 0.15) is 57.5 Å². The zero-order chi connectivity index (χ0) is 53.3. The molecule has 2 fully saturated rings. The lowest BCUT2D eigenvalue weighted by Gasteiger charge is -2.33. The standard InChI is InChI=1S/C29H27FN4O3.C28H25FN4O3.CH3I.ClH/c1-33(2)29(35)19-6-4-18(5-7-19)26-16-25-28(37-26)23(8-11-32-25)20-14-21(17-31)27(24(30)15-20)34(3)22-9-12-36-13-10-22;1-33(2)28(34)18-5-3-17(4-6-18)25-15-24-27(36-25)22(7-10-31-24)19-13-20(16-30)26(23(29)14-19)32-21-8-11-35-12-9-21;1-2;/h4-8,11,14-16,22H,9-10,12-13H2,1-3H3;3-7,10,13-15,21,32H,8-9,11-12H2,1-2H3;1H3;1H. The van der Waals surface area contributed by atoms with Crippen LogP contribution in [-0.2, 0) is 9.47 Å². The van der Waals surface area contributed by atoms with Crippen molar-refractivity contribution in [2.45, 2.75) is 37.8 Å². The van der Waals surface area contributed by atoms with Crippen LogP contribution in [0.3, 0.4) is 0 Å². The summed E-state index contributed by atoms with van der Waals surface area (Å²) in [6, 6.07) is 32.1. The van der Waals surface area contributed by atoms with Crippen LogP contribution >= 0.6 is 35.0 Å². The molecule has 18 heteroatoms. The lowest BCUT2D eigenvalue weighted by atomic mass is 9.99. The van der Waals surface area contributed by atoms with Gasteiger partial charge in [0.05, 0.1) is 22.5 Å². The molecular weight excluding hydrogens is 1110 g/mol. The van der Waals surface area contributed by atoms with E-state index in [0.717, 1.165) is 36.8 Å². The molecule has 4 aromatic heterocycles. The van der Waals surface area contributed by atoms with Gasteiger partial charge in [-0.25, -0.2) is 8.78 Å². The second kappa shape index (κ2) is 25.4. The number of pyridine rings is 2. The van der Waals surface area contributed by atoms with Crippen LogP contribution in [0.4, 0.5) is 20.2 Å². The highest BCUT2D eigenvalue weighted by atomic mass is 127. The molecule has 1 N–H and O–H groups in total. The topological polar surface area (TPSA) is 174 Å². The van der Waals surface area contributed by atoms with Gasteiger partial charge in [0, 0.05) is 132 Å². The minimum Gasteiger partial charge on any atom is -0.454 e. The van der Waals surface area contributed by atoms with E-state index in [0.29, 0.717) is 99.2 Å². The largest absolute Gasteiger partial charge is 0.454 e. The lowest BCUT2D eigenvalue weighted by molar-refractivity contribution is 0.0820. The van der Waals surface area contributed by atoms with Crippen LogP contribution in [0.15, 0.2) is 118 Å². The van der Waals surface area contributed by atoms with Gasteiger partial charge in [-0.2, -0.15) is 10.5 Å². The molecule has 4 aromatic carbocycles. The van der Waals surface area contributed by atoms with E-state index < -0.39 is 11.6 Å². The molecule has 2 amide bonds. The van der Waals surface area contributed by atoms with Crippen LogP contribution in [0.25, 0.3) is 67.1 Å². The average Bonchev–Trinajstić information content (AvgIpc) is 4.11. The maximum Gasteiger partial charge on any atom is 0.253 e. The summed E-state index contributed by atoms with van der Waals surface area (Å²) in [6.07, 6.45) is 6.36. The van der Waals surface area contributed by atoms with Crippen molar-refractivity contribution in [1.82, 2.24) is 19.8 Å². The van der Waals surface area contributed by atoms with Crippen molar-refractivity contribution in [3.63, 3.8) is 0 Å². The number of hydrogen-bond donors (Lipinski definition) is 1. The molecular formula is C58H56ClF2IN8O6. The number of hydrogen-bond acceptors (Lipinski definition) is 12. The third-order valence-corrected chi connectivity index (χ3v) is 13.1. The van der Waals surface area contributed by atoms with Crippen LogP contribution in [0.5, 0.6) is 0 Å². The third-order valence-electron chi connectivity index (χ3n) is 13.1. The van der Waals surface area contributed by atoms with Gasteiger partial charge >= 0.3 is 0 Å². The van der Waals surface area contributed by atoms with Crippen LogP contribution < -0.4 is 10.2 Å². The number of nitrogens with one attached hydrogen (secondary N) is 1. The number of aromatic nitrogens is 2. The van der Waals surface area contributed by atoms with E-state index in [1.165, 1.54) is 21.9 Å². The molecule has 0 spiro atoms. The fourth-order valence-corrected chi connectivity index (χ4v) is 9.18. The zero-order valence-electron chi connectivity index (χ0n) is 42.8. The molecule has 0 radical (unpaired) electrons. The predicted molar refractivity (Wildman–Crippen MR) is 302 cm³/mol. The first-order chi connectivity index (χ1) is 36.3. The lowest BCUT2D eigenvalue weighted by Crippen LogP contribution is -2.37. The Morgan fingerprint density at radius 3 is 1.49 bits per heavy atom. The molecule has 0 saturated carbocycles. The molecule has 8 aromatic rings. The van der Waals surface area contributed by atoms with Crippen molar-refractivity contribution < 1.29 is 36.7 Å². The highest BCUT2D eigenvalue weighted by Gasteiger charge is 2.26. The van der Waals surface area contributed by atoms with Gasteiger partial charge in [-0.15, -0.1) is 12.4 Å². The Balaban J connectivity index is 0.000000212. The Hall–Kier alpha value is -7.42. The monoisotopic (exact) mass is 1160 g/mol. The van der Waals surface area contributed by atoms with Crippen molar-refractivity contribution in [3.05, 3.63) is 143 Å². The number of carbonyl (C=O) groups is 2. The number of amides is 2. The molecule has 2 aliphatic heterocycles. The van der Waals surface area contributed by atoms with Crippen molar-refractivity contribution in [3.8, 4) is 57.0 Å². The van der Waals surface area contributed by atoms with E-state index in [1.54, 1.807) is 89.1 Å². The zero-order valence-corrected chi connectivity index (χ0v) is 45.8. The maximum atomic E-state index is 15.5. The van der Waals surface area contributed by atoms with Crippen molar-refractivity contribution in [2.24, 2.45) is 0 Å². The summed E-state index contributed by atoms with van der Waals surface area (Å²) in [5, 5.41) is 22.8. The van der Waals surface area contributed by atoms with Crippen molar-refractivity contribution in [1.29, 1.82) is 10.5 Å². The molecule has 2 aliphatic rings. The molecule has 2 saturated heterocycles. The van der Waals surface area contributed by atoms with Gasteiger partial charge in [-0.05, 0) is 102 Å². The van der Waals surface area contributed by atoms with E-state index in [4.69, 9.17) is 18.3 Å². The molecule has 0 atom stereocenters. The molecule has 14 nitrogen and oxygen atoms in total. The highest BCUT2D eigenvalue weighted by molar-refractivity contribution is 14.1. The average molecular weight is 1160 g/mol. The SMILES string of the molecule is CI.CN(C)C(=O)c1ccc(-c2cc3nccc(-c4cc(F)c(N(C)C5CCOCC5)c(C#N)c4)c3o2)cc1.CN(C)C(=O)c1ccc(-c2cc3nccc(-c4cc(F)c(NC5CCOCC5)c(C#N)c4)c3o2)cc1.Cl. The van der Waals surface area contributed by atoms with Crippen molar-refractivity contribution in [2.75, 3.05) is 76.8 Å². The van der Waals surface area contributed by atoms with Gasteiger partial charge in [-0.1, -0.05) is 46.9 Å². The van der Waals surface area contributed by atoms with Crippen LogP contribution in [-0.4, -0.2) is 110 Å². The normalized spacial score (nSPS) is 13.5. The molecule has 6 heterocycles. The minimum atomic E-state index is -0.492. The van der Waals surface area contributed by atoms with E-state index in [-0.39, 0.29) is 53.1 Å². The maximum absolute atomic E-state index is 15.5. The predicted octanol–water partition coefficient (Wildman–Crippen LogP) is 12.4. The molecule has 0 bridgehead atoms. The van der Waals surface area contributed by atoms with E-state index in [1.807, 2.05) is 53.3 Å². The first-order valence-electron chi connectivity index (χ1n) is 24.2. The van der Waals surface area contributed by atoms with Gasteiger partial charge in [0.25, 0.3) is 11.8 Å². The number of nitriles is 2. The number of benzene rings is 4. The number of alkyl halides is 1. The second-order valence-electron chi connectivity index (χ2n) is 18.4.